The molecule has 0 saturated carbocycles. The minimum absolute atomic E-state index is 0.135. The lowest BCUT2D eigenvalue weighted by atomic mass is 10.1. The Balaban J connectivity index is 2.71. The summed E-state index contributed by atoms with van der Waals surface area (Å²) < 4.78 is 16.3. The minimum Gasteiger partial charge on any atom is -0.469 e. The van der Waals surface area contributed by atoms with Crippen molar-refractivity contribution in [3.05, 3.63) is 0 Å². The van der Waals surface area contributed by atoms with Crippen LogP contribution in [-0.2, 0) is 18.7 Å². The van der Waals surface area contributed by atoms with Crippen molar-refractivity contribution >= 4 is 14.3 Å². The first-order chi connectivity index (χ1) is 7.69. The fourth-order valence-electron chi connectivity index (χ4n) is 1.58. The Labute approximate surface area is 105 Å². The predicted molar refractivity (Wildman–Crippen MR) is 68.4 cm³/mol. The maximum atomic E-state index is 11.6. The normalized spacial score (nSPS) is 26.0. The summed E-state index contributed by atoms with van der Waals surface area (Å²) in [6.45, 7) is 11.8. The number of hydrogen-bond donors (Lipinski definition) is 0. The fraction of sp³-hybridized carbons (Fsp3) is 0.917. The lowest BCUT2D eigenvalue weighted by Crippen LogP contribution is -2.46. The lowest BCUT2D eigenvalue weighted by Gasteiger charge is -2.38. The molecule has 5 heteroatoms. The van der Waals surface area contributed by atoms with Crippen LogP contribution in [0.15, 0.2) is 0 Å². The molecule has 1 aliphatic rings. The zero-order valence-corrected chi connectivity index (χ0v) is 12.7. The molecular formula is C12H24O4Si. The Kier molecular flexibility index (Phi) is 4.38. The molecule has 0 aromatic carbocycles. The molecule has 0 aromatic rings. The molecule has 0 radical (unpaired) electrons. The summed E-state index contributed by atoms with van der Waals surface area (Å²) in [5.41, 5.74) is 0. The van der Waals surface area contributed by atoms with Crippen LogP contribution in [0.4, 0.5) is 0 Å². The van der Waals surface area contributed by atoms with Gasteiger partial charge in [-0.15, -0.1) is 0 Å². The molecule has 1 aliphatic heterocycles. The molecule has 0 bridgehead atoms. The van der Waals surface area contributed by atoms with E-state index in [1.807, 2.05) is 0 Å². The highest BCUT2D eigenvalue weighted by atomic mass is 28.4. The van der Waals surface area contributed by atoms with Crippen molar-refractivity contribution < 1.29 is 18.7 Å². The zero-order chi connectivity index (χ0) is 13.3. The second kappa shape index (κ2) is 5.08. The van der Waals surface area contributed by atoms with E-state index < -0.39 is 8.32 Å². The van der Waals surface area contributed by atoms with Gasteiger partial charge in [0.15, 0.2) is 8.32 Å². The summed E-state index contributed by atoms with van der Waals surface area (Å²) >= 11 is 0. The van der Waals surface area contributed by atoms with Crippen molar-refractivity contribution in [1.29, 1.82) is 0 Å². The fourth-order valence-corrected chi connectivity index (χ4v) is 2.92. The second-order valence-corrected chi connectivity index (χ2v) is 10.8. The maximum Gasteiger partial charge on any atom is 0.313 e. The van der Waals surface area contributed by atoms with Gasteiger partial charge in [0.25, 0.3) is 0 Å². The van der Waals surface area contributed by atoms with Crippen LogP contribution in [0.3, 0.4) is 0 Å². The molecule has 0 unspecified atom stereocenters. The van der Waals surface area contributed by atoms with E-state index in [2.05, 4.69) is 33.9 Å². The molecule has 4 nitrogen and oxygen atoms in total. The van der Waals surface area contributed by atoms with Gasteiger partial charge in [0, 0.05) is 0 Å². The average molecular weight is 260 g/mol. The molecule has 0 amide bonds. The Morgan fingerprint density at radius 3 is 2.35 bits per heavy atom. The monoisotopic (exact) mass is 260 g/mol. The highest BCUT2D eigenvalue weighted by molar-refractivity contribution is 6.74. The van der Waals surface area contributed by atoms with Crippen molar-refractivity contribution in [2.75, 3.05) is 20.3 Å². The first kappa shape index (κ1) is 14.7. The van der Waals surface area contributed by atoms with E-state index in [4.69, 9.17) is 13.9 Å². The molecule has 1 rings (SSSR count). The van der Waals surface area contributed by atoms with Crippen LogP contribution >= 0.6 is 0 Å². The van der Waals surface area contributed by atoms with Crippen LogP contribution in [0.1, 0.15) is 20.8 Å². The molecule has 0 N–H and O–H groups in total. The highest BCUT2D eigenvalue weighted by Gasteiger charge is 2.44. The van der Waals surface area contributed by atoms with Crippen LogP contribution < -0.4 is 0 Å². The summed E-state index contributed by atoms with van der Waals surface area (Å²) in [5.74, 6) is -0.500. The van der Waals surface area contributed by atoms with Gasteiger partial charge in [0.05, 0.1) is 26.4 Å². The van der Waals surface area contributed by atoms with Gasteiger partial charge in [0.2, 0.25) is 0 Å². The maximum absolute atomic E-state index is 11.6. The van der Waals surface area contributed by atoms with Crippen molar-refractivity contribution in [3.63, 3.8) is 0 Å². The molecule has 0 aliphatic carbocycles. The highest BCUT2D eigenvalue weighted by Crippen LogP contribution is 2.38. The SMILES string of the molecule is COC(=O)[C@H]1COC[C@H]1O[Si](C)(C)C(C)(C)C. The smallest absolute Gasteiger partial charge is 0.313 e. The van der Waals surface area contributed by atoms with Crippen LogP contribution in [0.25, 0.3) is 0 Å². The number of hydrogen-bond acceptors (Lipinski definition) is 4. The quantitative estimate of drug-likeness (QED) is 0.576. The standard InChI is InChI=1S/C12H24O4Si/c1-12(2,3)17(5,6)16-10-8-15-7-9(10)11(13)14-4/h9-10H,7-8H2,1-6H3/t9-,10+/m0/s1. The third kappa shape index (κ3) is 3.30. The van der Waals surface area contributed by atoms with Crippen molar-refractivity contribution in [2.24, 2.45) is 5.92 Å². The first-order valence-electron chi connectivity index (χ1n) is 6.02. The third-order valence-corrected chi connectivity index (χ3v) is 8.29. The van der Waals surface area contributed by atoms with Crippen molar-refractivity contribution in [3.8, 4) is 0 Å². The Bertz CT molecular complexity index is 283. The van der Waals surface area contributed by atoms with E-state index in [9.17, 15) is 4.79 Å². The first-order valence-corrected chi connectivity index (χ1v) is 8.93. The minimum atomic E-state index is -1.86. The summed E-state index contributed by atoms with van der Waals surface area (Å²) in [6, 6.07) is 0. The van der Waals surface area contributed by atoms with Crippen LogP contribution in [0.5, 0.6) is 0 Å². The van der Waals surface area contributed by atoms with Gasteiger partial charge in [-0.1, -0.05) is 20.8 Å². The van der Waals surface area contributed by atoms with Crippen molar-refractivity contribution in [1.82, 2.24) is 0 Å². The molecule has 100 valence electrons. The van der Waals surface area contributed by atoms with E-state index in [-0.39, 0.29) is 23.0 Å². The molecule has 17 heavy (non-hydrogen) atoms. The number of carbonyl (C=O) groups excluding carboxylic acids is 1. The molecular weight excluding hydrogens is 236 g/mol. The van der Waals surface area contributed by atoms with E-state index in [1.165, 1.54) is 7.11 Å². The van der Waals surface area contributed by atoms with Gasteiger partial charge < -0.3 is 13.9 Å². The van der Waals surface area contributed by atoms with Crippen LogP contribution in [0.2, 0.25) is 18.1 Å². The topological polar surface area (TPSA) is 44.8 Å². The number of esters is 1. The number of carbonyl (C=O) groups is 1. The van der Waals surface area contributed by atoms with Crippen LogP contribution in [-0.4, -0.2) is 40.7 Å². The van der Waals surface area contributed by atoms with Gasteiger partial charge >= 0.3 is 5.97 Å². The average Bonchev–Trinajstić information content (AvgIpc) is 2.62. The summed E-state index contributed by atoms with van der Waals surface area (Å²) in [6.07, 6.45) is -0.150. The number of methoxy groups -OCH3 is 1. The predicted octanol–water partition coefficient (Wildman–Crippen LogP) is 2.20. The molecule has 1 saturated heterocycles. The molecule has 1 heterocycles. The van der Waals surface area contributed by atoms with Crippen molar-refractivity contribution in [2.45, 2.75) is 45.0 Å². The molecule has 0 aromatic heterocycles. The van der Waals surface area contributed by atoms with Gasteiger partial charge in [-0.25, -0.2) is 0 Å². The van der Waals surface area contributed by atoms with E-state index in [1.54, 1.807) is 0 Å². The summed E-state index contributed by atoms with van der Waals surface area (Å²) in [5, 5.41) is 0.135. The van der Waals surface area contributed by atoms with E-state index in [0.29, 0.717) is 13.2 Å². The Hall–Kier alpha value is -0.393. The van der Waals surface area contributed by atoms with Crippen LogP contribution in [0, 0.1) is 5.92 Å². The molecule has 1 fully saturated rings. The third-order valence-electron chi connectivity index (χ3n) is 3.78. The van der Waals surface area contributed by atoms with Gasteiger partial charge in [-0.05, 0) is 18.1 Å². The van der Waals surface area contributed by atoms with E-state index in [0.717, 1.165) is 0 Å². The Morgan fingerprint density at radius 1 is 1.29 bits per heavy atom. The number of rotatable bonds is 3. The second-order valence-electron chi connectivity index (χ2n) is 6.08. The van der Waals surface area contributed by atoms with Gasteiger partial charge in [0.1, 0.15) is 5.92 Å². The Morgan fingerprint density at radius 2 is 1.88 bits per heavy atom. The molecule has 2 atom stereocenters. The zero-order valence-electron chi connectivity index (χ0n) is 11.7. The van der Waals surface area contributed by atoms with E-state index >= 15 is 0 Å². The number of ether oxygens (including phenoxy) is 2. The van der Waals surface area contributed by atoms with Gasteiger partial charge in [-0.2, -0.15) is 0 Å². The van der Waals surface area contributed by atoms with Gasteiger partial charge in [-0.3, -0.25) is 4.79 Å². The largest absolute Gasteiger partial charge is 0.469 e. The summed E-state index contributed by atoms with van der Waals surface area (Å²) in [7, 11) is -0.451. The molecule has 0 spiro atoms. The lowest BCUT2D eigenvalue weighted by molar-refractivity contribution is -0.147. The summed E-state index contributed by atoms with van der Waals surface area (Å²) in [4.78, 5) is 11.6.